The number of hydrogen-bond acceptors (Lipinski definition) is 3. The molecule has 154 valence electrons. The lowest BCUT2D eigenvalue weighted by atomic mass is 9.94. The third-order valence-corrected chi connectivity index (χ3v) is 6.99. The minimum atomic E-state index is 0.663. The Hall–Kier alpha value is -4.26. The summed E-state index contributed by atoms with van der Waals surface area (Å²) < 4.78 is 1.18. The Morgan fingerprint density at radius 1 is 0.576 bits per heavy atom. The second-order valence-electron chi connectivity index (χ2n) is 8.04. The first-order valence-electron chi connectivity index (χ1n) is 10.8. The van der Waals surface area contributed by atoms with E-state index in [0.29, 0.717) is 5.56 Å². The molecule has 1 heterocycles. The summed E-state index contributed by atoms with van der Waals surface area (Å²) in [7, 11) is 0. The van der Waals surface area contributed by atoms with E-state index in [1.807, 2.05) is 30.3 Å². The zero-order valence-corrected chi connectivity index (χ0v) is 18.5. The number of thiazole rings is 1. The van der Waals surface area contributed by atoms with E-state index in [2.05, 4.69) is 84.9 Å². The van der Waals surface area contributed by atoms with Gasteiger partial charge in [0.1, 0.15) is 5.01 Å². The molecule has 0 fully saturated rings. The van der Waals surface area contributed by atoms with Gasteiger partial charge in [0.25, 0.3) is 0 Å². The second-order valence-corrected chi connectivity index (χ2v) is 9.07. The summed E-state index contributed by atoms with van der Waals surface area (Å²) in [5.41, 5.74) is 7.30. The van der Waals surface area contributed by atoms with Gasteiger partial charge in [0, 0.05) is 5.56 Å². The lowest BCUT2D eigenvalue weighted by Crippen LogP contribution is -1.86. The van der Waals surface area contributed by atoms with Crippen molar-refractivity contribution in [2.45, 2.75) is 0 Å². The Labute approximate surface area is 196 Å². The molecule has 0 unspecified atom stereocenters. The van der Waals surface area contributed by atoms with E-state index < -0.39 is 0 Å². The van der Waals surface area contributed by atoms with Crippen molar-refractivity contribution in [3.05, 3.63) is 115 Å². The molecule has 0 amide bonds. The maximum atomic E-state index is 9.18. The summed E-state index contributed by atoms with van der Waals surface area (Å²) in [5.74, 6) is 0. The highest BCUT2D eigenvalue weighted by Crippen LogP contribution is 2.37. The average Bonchev–Trinajstić information content (AvgIpc) is 3.33. The largest absolute Gasteiger partial charge is 0.236 e. The summed E-state index contributed by atoms with van der Waals surface area (Å²) in [6, 6.07) is 39.9. The zero-order chi connectivity index (χ0) is 22.2. The number of rotatable bonds is 3. The fourth-order valence-corrected chi connectivity index (χ4v) is 5.14. The van der Waals surface area contributed by atoms with Crippen molar-refractivity contribution >= 4 is 32.3 Å². The van der Waals surface area contributed by atoms with E-state index in [-0.39, 0.29) is 0 Å². The van der Waals surface area contributed by atoms with Crippen LogP contribution in [0.2, 0.25) is 0 Å². The van der Waals surface area contributed by atoms with Gasteiger partial charge in [-0.3, -0.25) is 0 Å². The highest BCUT2D eigenvalue weighted by molar-refractivity contribution is 7.21. The first kappa shape index (κ1) is 19.4. The van der Waals surface area contributed by atoms with Gasteiger partial charge in [-0.15, -0.1) is 11.3 Å². The van der Waals surface area contributed by atoms with Crippen LogP contribution < -0.4 is 0 Å². The molecule has 0 aliphatic rings. The fraction of sp³-hybridized carbons (Fsp3) is 0. The van der Waals surface area contributed by atoms with Crippen molar-refractivity contribution in [2.75, 3.05) is 0 Å². The van der Waals surface area contributed by atoms with Crippen LogP contribution in [0.1, 0.15) is 5.56 Å². The van der Waals surface area contributed by atoms with Crippen LogP contribution >= 0.6 is 11.3 Å². The van der Waals surface area contributed by atoms with E-state index in [1.54, 1.807) is 11.3 Å². The van der Waals surface area contributed by atoms with E-state index in [4.69, 9.17) is 4.98 Å². The third kappa shape index (κ3) is 3.67. The predicted octanol–water partition coefficient (Wildman–Crippen LogP) is 8.32. The molecule has 6 rings (SSSR count). The van der Waals surface area contributed by atoms with Crippen LogP contribution in [0.5, 0.6) is 0 Å². The van der Waals surface area contributed by atoms with E-state index in [9.17, 15) is 5.26 Å². The molecule has 33 heavy (non-hydrogen) atoms. The van der Waals surface area contributed by atoms with Gasteiger partial charge in [-0.25, -0.2) is 4.98 Å². The molecule has 0 atom stereocenters. The van der Waals surface area contributed by atoms with Crippen molar-refractivity contribution in [1.29, 1.82) is 5.26 Å². The lowest BCUT2D eigenvalue weighted by Gasteiger charge is -2.11. The Balaban J connectivity index is 1.55. The van der Waals surface area contributed by atoms with Gasteiger partial charge < -0.3 is 0 Å². The highest BCUT2D eigenvalue weighted by atomic mass is 32.1. The van der Waals surface area contributed by atoms with Crippen LogP contribution in [0.3, 0.4) is 0 Å². The molecule has 0 saturated carbocycles. The van der Waals surface area contributed by atoms with Crippen LogP contribution in [0, 0.1) is 11.3 Å². The number of benzene rings is 5. The van der Waals surface area contributed by atoms with Crippen LogP contribution in [0.15, 0.2) is 109 Å². The van der Waals surface area contributed by atoms with Crippen molar-refractivity contribution in [1.82, 2.24) is 4.98 Å². The van der Waals surface area contributed by atoms with Crippen LogP contribution in [0.4, 0.5) is 0 Å². The van der Waals surface area contributed by atoms with E-state index >= 15 is 0 Å². The number of para-hydroxylation sites is 1. The number of aromatic nitrogens is 1. The third-order valence-electron chi connectivity index (χ3n) is 5.90. The molecule has 0 aliphatic heterocycles. The normalized spacial score (nSPS) is 11.0. The molecule has 2 nitrogen and oxygen atoms in total. The monoisotopic (exact) mass is 438 g/mol. The van der Waals surface area contributed by atoms with Gasteiger partial charge in [0.05, 0.1) is 21.8 Å². The van der Waals surface area contributed by atoms with Crippen molar-refractivity contribution < 1.29 is 0 Å². The number of fused-ring (bicyclic) bond motifs is 2. The van der Waals surface area contributed by atoms with Gasteiger partial charge in [-0.2, -0.15) is 5.26 Å². The van der Waals surface area contributed by atoms with Crippen molar-refractivity contribution in [2.24, 2.45) is 0 Å². The standard InChI is InChI=1S/C30H18N2S/c31-19-20-9-11-22(12-10-20)25-16-26(24-14-13-21-5-1-2-6-23(21)15-24)18-27(17-25)30-32-28-7-3-4-8-29(28)33-30/h1-18H. The lowest BCUT2D eigenvalue weighted by molar-refractivity contribution is 1.47. The molecule has 0 aliphatic carbocycles. The topological polar surface area (TPSA) is 36.7 Å². The van der Waals surface area contributed by atoms with Crippen LogP contribution in [-0.2, 0) is 0 Å². The quantitative estimate of drug-likeness (QED) is 0.278. The first-order valence-corrected chi connectivity index (χ1v) is 11.6. The minimum Gasteiger partial charge on any atom is -0.236 e. The summed E-state index contributed by atoms with van der Waals surface area (Å²) in [6.07, 6.45) is 0. The van der Waals surface area contributed by atoms with E-state index in [0.717, 1.165) is 32.8 Å². The maximum Gasteiger partial charge on any atom is 0.124 e. The second kappa shape index (κ2) is 8.02. The zero-order valence-electron chi connectivity index (χ0n) is 17.7. The summed E-state index contributed by atoms with van der Waals surface area (Å²) in [4.78, 5) is 4.91. The molecule has 0 saturated heterocycles. The fourth-order valence-electron chi connectivity index (χ4n) is 4.19. The maximum absolute atomic E-state index is 9.18. The molecule has 5 aromatic carbocycles. The first-order chi connectivity index (χ1) is 16.3. The molecule has 0 bridgehead atoms. The molecule has 3 heteroatoms. The summed E-state index contributed by atoms with van der Waals surface area (Å²) >= 11 is 1.71. The smallest absolute Gasteiger partial charge is 0.124 e. The summed E-state index contributed by atoms with van der Waals surface area (Å²) in [5, 5.41) is 12.6. The highest BCUT2D eigenvalue weighted by Gasteiger charge is 2.11. The van der Waals surface area contributed by atoms with Crippen molar-refractivity contribution in [3.8, 4) is 38.9 Å². The molecule has 1 aromatic heterocycles. The minimum absolute atomic E-state index is 0.663. The van der Waals surface area contributed by atoms with Crippen LogP contribution in [-0.4, -0.2) is 4.98 Å². The Bertz CT molecular complexity index is 1640. The van der Waals surface area contributed by atoms with Gasteiger partial charge in [-0.05, 0) is 81.6 Å². The van der Waals surface area contributed by atoms with Gasteiger partial charge in [0.2, 0.25) is 0 Å². The molecular formula is C30H18N2S. The van der Waals surface area contributed by atoms with Gasteiger partial charge in [0.15, 0.2) is 0 Å². The molecule has 0 radical (unpaired) electrons. The Morgan fingerprint density at radius 2 is 1.24 bits per heavy atom. The van der Waals surface area contributed by atoms with Gasteiger partial charge >= 0.3 is 0 Å². The molecule has 6 aromatic rings. The molecule has 0 N–H and O–H groups in total. The van der Waals surface area contributed by atoms with Gasteiger partial charge in [-0.1, -0.05) is 60.7 Å². The molecule has 0 spiro atoms. The molecular weight excluding hydrogens is 420 g/mol. The Morgan fingerprint density at radius 3 is 2.03 bits per heavy atom. The van der Waals surface area contributed by atoms with Crippen LogP contribution in [0.25, 0.3) is 53.8 Å². The van der Waals surface area contributed by atoms with Crippen molar-refractivity contribution in [3.63, 3.8) is 0 Å². The number of nitrogens with zero attached hydrogens (tertiary/aromatic N) is 2. The average molecular weight is 439 g/mol. The Kier molecular flexibility index (Phi) is 4.72. The number of hydrogen-bond donors (Lipinski definition) is 0. The predicted molar refractivity (Wildman–Crippen MR) is 138 cm³/mol. The van der Waals surface area contributed by atoms with E-state index in [1.165, 1.54) is 21.0 Å². The number of nitriles is 1. The summed E-state index contributed by atoms with van der Waals surface area (Å²) in [6.45, 7) is 0. The SMILES string of the molecule is N#Cc1ccc(-c2cc(-c3ccc4ccccc4c3)cc(-c3nc4ccccc4s3)c2)cc1.